The van der Waals surface area contributed by atoms with Gasteiger partial charge < -0.3 is 20.1 Å². The Labute approximate surface area is 158 Å². The Kier molecular flexibility index (Phi) is 4.74. The lowest BCUT2D eigenvalue weighted by Gasteiger charge is -2.43. The second kappa shape index (κ2) is 7.17. The number of halogens is 1. The van der Waals surface area contributed by atoms with Crippen molar-refractivity contribution in [2.24, 2.45) is 4.99 Å². The van der Waals surface area contributed by atoms with Crippen molar-refractivity contribution in [3.05, 3.63) is 53.1 Å². The summed E-state index contributed by atoms with van der Waals surface area (Å²) in [6.45, 7) is 1.94. The number of ether oxygens (including phenoxy) is 2. The van der Waals surface area contributed by atoms with Crippen molar-refractivity contribution in [3.8, 4) is 5.75 Å². The van der Waals surface area contributed by atoms with Crippen molar-refractivity contribution in [1.29, 1.82) is 0 Å². The van der Waals surface area contributed by atoms with E-state index >= 15 is 0 Å². The zero-order valence-corrected chi connectivity index (χ0v) is 15.5. The lowest BCUT2D eigenvalue weighted by molar-refractivity contribution is 0.0778. The number of fused-ring (bicyclic) bond motifs is 1. The molecule has 0 unspecified atom stereocenters. The molecule has 1 saturated heterocycles. The minimum atomic E-state index is -0.224. The molecule has 2 aromatic rings. The molecule has 0 aromatic heterocycles. The molecule has 26 heavy (non-hydrogen) atoms. The fraction of sp³-hybridized carbons (Fsp3) is 0.350. The molecule has 0 amide bonds. The molecule has 0 radical (unpaired) electrons. The molecule has 0 atom stereocenters. The first-order chi connectivity index (χ1) is 12.7. The molecule has 0 bridgehead atoms. The second-order valence-electron chi connectivity index (χ2n) is 6.59. The number of rotatable bonds is 3. The van der Waals surface area contributed by atoms with Gasteiger partial charge in [-0.3, -0.25) is 4.99 Å². The molecular formula is C20H22ClN3O2. The Hall–Kier alpha value is -2.24. The molecule has 2 aliphatic rings. The normalized spacial score (nSPS) is 19.5. The number of methoxy groups -OCH3 is 1. The summed E-state index contributed by atoms with van der Waals surface area (Å²) in [7, 11) is 1.63. The quantitative estimate of drug-likeness (QED) is 0.843. The zero-order valence-electron chi connectivity index (χ0n) is 14.7. The van der Waals surface area contributed by atoms with Gasteiger partial charge in [0.15, 0.2) is 0 Å². The van der Waals surface area contributed by atoms with Crippen LogP contribution in [0.5, 0.6) is 5.75 Å². The van der Waals surface area contributed by atoms with E-state index in [4.69, 9.17) is 26.1 Å². The van der Waals surface area contributed by atoms with Crippen LogP contribution >= 0.6 is 11.6 Å². The maximum atomic E-state index is 6.24. The highest BCUT2D eigenvalue weighted by Crippen LogP contribution is 2.37. The third-order valence-electron chi connectivity index (χ3n) is 5.01. The zero-order chi connectivity index (χ0) is 18.0. The van der Waals surface area contributed by atoms with E-state index in [9.17, 15) is 0 Å². The van der Waals surface area contributed by atoms with Crippen LogP contribution in [-0.4, -0.2) is 31.7 Å². The topological polar surface area (TPSA) is 54.9 Å². The van der Waals surface area contributed by atoms with Gasteiger partial charge in [-0.1, -0.05) is 35.9 Å². The van der Waals surface area contributed by atoms with Crippen LogP contribution in [0.3, 0.4) is 0 Å². The highest BCUT2D eigenvalue weighted by Gasteiger charge is 2.41. The number of nitrogens with one attached hydrogen (secondary N) is 2. The van der Waals surface area contributed by atoms with Gasteiger partial charge in [-0.2, -0.15) is 0 Å². The van der Waals surface area contributed by atoms with Gasteiger partial charge in [0.05, 0.1) is 35.6 Å². The van der Waals surface area contributed by atoms with Crippen molar-refractivity contribution < 1.29 is 9.47 Å². The number of amidine groups is 1. The van der Waals surface area contributed by atoms with Crippen molar-refractivity contribution in [2.75, 3.05) is 31.0 Å². The van der Waals surface area contributed by atoms with Gasteiger partial charge in [0, 0.05) is 31.6 Å². The second-order valence-corrected chi connectivity index (χ2v) is 6.99. The number of hydrogen-bond donors (Lipinski definition) is 2. The molecular weight excluding hydrogens is 350 g/mol. The molecule has 2 aliphatic heterocycles. The van der Waals surface area contributed by atoms with Crippen molar-refractivity contribution in [3.63, 3.8) is 0 Å². The minimum Gasteiger partial charge on any atom is -0.495 e. The summed E-state index contributed by atoms with van der Waals surface area (Å²) in [4.78, 5) is 4.93. The number of benzene rings is 2. The van der Waals surface area contributed by atoms with Crippen molar-refractivity contribution >= 4 is 28.8 Å². The Bertz CT molecular complexity index is 832. The number of aliphatic imine (C=N–C) groups is 1. The number of para-hydroxylation sites is 3. The number of hydrogen-bond acceptors (Lipinski definition) is 4. The van der Waals surface area contributed by atoms with Crippen molar-refractivity contribution in [1.82, 2.24) is 0 Å². The van der Waals surface area contributed by atoms with Crippen LogP contribution < -0.4 is 15.4 Å². The smallest absolute Gasteiger partial charge is 0.142 e. The molecule has 2 heterocycles. The molecule has 136 valence electrons. The maximum Gasteiger partial charge on any atom is 0.142 e. The summed E-state index contributed by atoms with van der Waals surface area (Å²) in [5.74, 6) is 1.63. The van der Waals surface area contributed by atoms with Gasteiger partial charge in [-0.25, -0.2) is 0 Å². The standard InChI is InChI=1S/C20H22ClN3O2/c1-25-18-14(5-4-6-15(18)21)13-22-19-20(9-11-26-12-10-20)24-17-8-3-2-7-16(17)23-19/h2-8,24H,9-13H2,1H3,(H,22,23). The van der Waals surface area contributed by atoms with Gasteiger partial charge in [0.1, 0.15) is 11.6 Å². The average Bonchev–Trinajstić information content (AvgIpc) is 2.67. The van der Waals surface area contributed by atoms with Crippen LogP contribution in [0.15, 0.2) is 47.5 Å². The van der Waals surface area contributed by atoms with E-state index in [0.29, 0.717) is 17.3 Å². The van der Waals surface area contributed by atoms with Crippen molar-refractivity contribution in [2.45, 2.75) is 24.9 Å². The predicted molar refractivity (Wildman–Crippen MR) is 106 cm³/mol. The molecule has 4 rings (SSSR count). The fourth-order valence-electron chi connectivity index (χ4n) is 3.61. The van der Waals surface area contributed by atoms with Crippen LogP contribution in [0.1, 0.15) is 18.4 Å². The maximum absolute atomic E-state index is 6.24. The highest BCUT2D eigenvalue weighted by molar-refractivity contribution is 6.32. The fourth-order valence-corrected chi connectivity index (χ4v) is 3.88. The van der Waals surface area contributed by atoms with Crippen LogP contribution in [0.4, 0.5) is 11.4 Å². The van der Waals surface area contributed by atoms with Gasteiger partial charge in [-0.15, -0.1) is 0 Å². The monoisotopic (exact) mass is 371 g/mol. The van der Waals surface area contributed by atoms with E-state index < -0.39 is 0 Å². The first kappa shape index (κ1) is 17.2. The lowest BCUT2D eigenvalue weighted by atomic mass is 9.86. The van der Waals surface area contributed by atoms with Crippen LogP contribution in [0, 0.1) is 0 Å². The summed E-state index contributed by atoms with van der Waals surface area (Å²) >= 11 is 6.24. The molecule has 5 nitrogen and oxygen atoms in total. The summed E-state index contributed by atoms with van der Waals surface area (Å²) in [5, 5.41) is 7.85. The van der Waals surface area contributed by atoms with Gasteiger partial charge >= 0.3 is 0 Å². The van der Waals surface area contributed by atoms with Gasteiger partial charge in [0.2, 0.25) is 0 Å². The van der Waals surface area contributed by atoms with Gasteiger partial charge in [-0.05, 0) is 18.2 Å². The van der Waals surface area contributed by atoms with E-state index in [2.05, 4.69) is 22.8 Å². The minimum absolute atomic E-state index is 0.224. The molecule has 1 spiro atoms. The summed E-state index contributed by atoms with van der Waals surface area (Å²) in [6, 6.07) is 14.0. The van der Waals surface area contributed by atoms with Crippen LogP contribution in [0.25, 0.3) is 0 Å². The Morgan fingerprint density at radius 1 is 1.12 bits per heavy atom. The van der Waals surface area contributed by atoms with E-state index in [1.54, 1.807) is 7.11 Å². The third-order valence-corrected chi connectivity index (χ3v) is 5.31. The Balaban J connectivity index is 1.69. The van der Waals surface area contributed by atoms with E-state index in [0.717, 1.165) is 48.8 Å². The summed E-state index contributed by atoms with van der Waals surface area (Å²) in [5.41, 5.74) is 2.89. The van der Waals surface area contributed by atoms with E-state index in [1.165, 1.54) is 0 Å². The predicted octanol–water partition coefficient (Wildman–Crippen LogP) is 4.33. The van der Waals surface area contributed by atoms with Crippen LogP contribution in [-0.2, 0) is 11.3 Å². The molecule has 1 fully saturated rings. The molecule has 6 heteroatoms. The average molecular weight is 372 g/mol. The molecule has 2 N–H and O–H groups in total. The Morgan fingerprint density at radius 2 is 1.88 bits per heavy atom. The lowest BCUT2D eigenvalue weighted by Crippen LogP contribution is -2.55. The molecule has 0 saturated carbocycles. The molecule has 0 aliphatic carbocycles. The first-order valence-electron chi connectivity index (χ1n) is 8.80. The van der Waals surface area contributed by atoms with E-state index in [1.807, 2.05) is 30.3 Å². The SMILES string of the molecule is COc1c(Cl)cccc1CN=C1Nc2ccccc2NC12CCOCC2. The highest BCUT2D eigenvalue weighted by atomic mass is 35.5. The molecule has 2 aromatic carbocycles. The Morgan fingerprint density at radius 3 is 2.65 bits per heavy atom. The number of nitrogens with zero attached hydrogens (tertiary/aromatic N) is 1. The van der Waals surface area contributed by atoms with Gasteiger partial charge in [0.25, 0.3) is 0 Å². The van der Waals surface area contributed by atoms with E-state index in [-0.39, 0.29) is 5.54 Å². The largest absolute Gasteiger partial charge is 0.495 e. The number of anilines is 2. The van der Waals surface area contributed by atoms with Crippen LogP contribution in [0.2, 0.25) is 5.02 Å². The summed E-state index contributed by atoms with van der Waals surface area (Å²) < 4.78 is 11.0. The first-order valence-corrected chi connectivity index (χ1v) is 9.18. The third kappa shape index (κ3) is 3.13. The summed E-state index contributed by atoms with van der Waals surface area (Å²) in [6.07, 6.45) is 1.75.